The van der Waals surface area contributed by atoms with Gasteiger partial charge in [-0.2, -0.15) is 5.10 Å². The minimum atomic E-state index is -0.00336. The van der Waals surface area contributed by atoms with Crippen LogP contribution in [0.1, 0.15) is 30.1 Å². The van der Waals surface area contributed by atoms with Crippen LogP contribution in [0.4, 0.5) is 0 Å². The first-order valence-corrected chi connectivity index (χ1v) is 8.49. The molecule has 0 unspecified atom stereocenters. The molecule has 0 spiro atoms. The smallest absolute Gasteiger partial charge is 0.266 e. The summed E-state index contributed by atoms with van der Waals surface area (Å²) in [6.07, 6.45) is 5.76. The van der Waals surface area contributed by atoms with E-state index in [1.54, 1.807) is 16.8 Å². The molecule has 2 aliphatic rings. The van der Waals surface area contributed by atoms with Gasteiger partial charge in [-0.15, -0.1) is 0 Å². The summed E-state index contributed by atoms with van der Waals surface area (Å²) in [5.41, 5.74) is 2.28. The highest BCUT2D eigenvalue weighted by molar-refractivity contribution is 5.08. The van der Waals surface area contributed by atoms with Gasteiger partial charge in [0.2, 0.25) is 0 Å². The van der Waals surface area contributed by atoms with Crippen molar-refractivity contribution < 1.29 is 0 Å². The second-order valence-corrected chi connectivity index (χ2v) is 6.83. The summed E-state index contributed by atoms with van der Waals surface area (Å²) >= 11 is 0. The molecule has 0 N–H and O–H groups in total. The number of aromatic nitrogens is 4. The number of hydrogen-bond donors (Lipinski definition) is 0. The van der Waals surface area contributed by atoms with E-state index in [0.717, 1.165) is 44.8 Å². The number of fused-ring (bicyclic) bond motifs is 1. The molecule has 6 heteroatoms. The highest BCUT2D eigenvalue weighted by Crippen LogP contribution is 2.22. The molecule has 122 valence electrons. The standard InChI is InChI=1S/C17H23N5O/c1-13-5-6-17(23)22(19-13)11-14-9-20(10-14)12-16-18-8-15-4-2-3-7-21(15)16/h5-6,8,14H,2-4,7,9-12H2,1H3. The maximum atomic E-state index is 11.8. The van der Waals surface area contributed by atoms with Crippen LogP contribution in [-0.2, 0) is 26.1 Å². The number of likely N-dealkylation sites (tertiary alicyclic amines) is 1. The van der Waals surface area contributed by atoms with Crippen molar-refractivity contribution in [2.24, 2.45) is 5.92 Å². The predicted octanol–water partition coefficient (Wildman–Crippen LogP) is 1.22. The highest BCUT2D eigenvalue weighted by atomic mass is 16.1. The lowest BCUT2D eigenvalue weighted by Crippen LogP contribution is -2.49. The van der Waals surface area contributed by atoms with Crippen molar-refractivity contribution in [2.75, 3.05) is 13.1 Å². The van der Waals surface area contributed by atoms with Crippen molar-refractivity contribution in [3.05, 3.63) is 45.9 Å². The van der Waals surface area contributed by atoms with Gasteiger partial charge in [0.15, 0.2) is 0 Å². The van der Waals surface area contributed by atoms with Crippen LogP contribution < -0.4 is 5.56 Å². The molecule has 1 fully saturated rings. The first-order chi connectivity index (χ1) is 11.2. The van der Waals surface area contributed by atoms with Gasteiger partial charge in [-0.1, -0.05) is 0 Å². The summed E-state index contributed by atoms with van der Waals surface area (Å²) in [4.78, 5) is 18.8. The van der Waals surface area contributed by atoms with Crippen LogP contribution in [0.2, 0.25) is 0 Å². The number of aryl methyl sites for hydroxylation is 2. The van der Waals surface area contributed by atoms with Crippen molar-refractivity contribution in [3.8, 4) is 0 Å². The monoisotopic (exact) mass is 313 g/mol. The first kappa shape index (κ1) is 14.6. The van der Waals surface area contributed by atoms with Gasteiger partial charge in [0.05, 0.1) is 18.8 Å². The lowest BCUT2D eigenvalue weighted by atomic mass is 10.0. The van der Waals surface area contributed by atoms with E-state index in [2.05, 4.69) is 19.5 Å². The van der Waals surface area contributed by atoms with Crippen molar-refractivity contribution in [1.29, 1.82) is 0 Å². The minimum Gasteiger partial charge on any atom is -0.331 e. The molecule has 0 radical (unpaired) electrons. The molecule has 2 aliphatic heterocycles. The summed E-state index contributed by atoms with van der Waals surface area (Å²) in [6.45, 7) is 6.72. The number of rotatable bonds is 4. The Morgan fingerprint density at radius 2 is 2.13 bits per heavy atom. The van der Waals surface area contributed by atoms with Crippen LogP contribution in [0, 0.1) is 12.8 Å². The Kier molecular flexibility index (Phi) is 3.77. The molecule has 2 aromatic rings. The highest BCUT2D eigenvalue weighted by Gasteiger charge is 2.29. The van der Waals surface area contributed by atoms with E-state index < -0.39 is 0 Å². The molecule has 0 aromatic carbocycles. The summed E-state index contributed by atoms with van der Waals surface area (Å²) in [7, 11) is 0. The molecule has 0 atom stereocenters. The zero-order chi connectivity index (χ0) is 15.8. The molecule has 1 saturated heterocycles. The average Bonchev–Trinajstić information content (AvgIpc) is 2.92. The quantitative estimate of drug-likeness (QED) is 0.851. The molecule has 4 rings (SSSR count). The van der Waals surface area contributed by atoms with Crippen molar-refractivity contribution in [3.63, 3.8) is 0 Å². The van der Waals surface area contributed by atoms with Crippen LogP contribution in [0.3, 0.4) is 0 Å². The number of hydrogen-bond acceptors (Lipinski definition) is 4. The Bertz CT molecular complexity index is 757. The molecule has 0 bridgehead atoms. The van der Waals surface area contributed by atoms with Gasteiger partial charge in [0.1, 0.15) is 5.82 Å². The van der Waals surface area contributed by atoms with Gasteiger partial charge in [-0.25, -0.2) is 9.67 Å². The van der Waals surface area contributed by atoms with Gasteiger partial charge in [0.25, 0.3) is 5.56 Å². The zero-order valence-electron chi connectivity index (χ0n) is 13.6. The first-order valence-electron chi connectivity index (χ1n) is 8.49. The van der Waals surface area contributed by atoms with E-state index in [0.29, 0.717) is 5.92 Å². The maximum Gasteiger partial charge on any atom is 0.266 e. The Hall–Kier alpha value is -1.95. The van der Waals surface area contributed by atoms with Gasteiger partial charge in [0, 0.05) is 43.5 Å². The van der Waals surface area contributed by atoms with Crippen LogP contribution in [0.5, 0.6) is 0 Å². The molecule has 0 amide bonds. The Morgan fingerprint density at radius 3 is 3.00 bits per heavy atom. The lowest BCUT2D eigenvalue weighted by Gasteiger charge is -2.39. The van der Waals surface area contributed by atoms with E-state index >= 15 is 0 Å². The fraction of sp³-hybridized carbons (Fsp3) is 0.588. The molecule has 6 nitrogen and oxygen atoms in total. The summed E-state index contributed by atoms with van der Waals surface area (Å²) in [6, 6.07) is 3.38. The molecule has 0 aliphatic carbocycles. The Morgan fingerprint density at radius 1 is 1.26 bits per heavy atom. The maximum absolute atomic E-state index is 11.8. The summed E-state index contributed by atoms with van der Waals surface area (Å²) in [5.74, 6) is 1.71. The third-order valence-electron chi connectivity index (χ3n) is 4.91. The number of imidazole rings is 1. The molecule has 0 saturated carbocycles. The molecule has 4 heterocycles. The molecule has 2 aromatic heterocycles. The minimum absolute atomic E-state index is 0.00336. The van der Waals surface area contributed by atoms with Crippen LogP contribution >= 0.6 is 0 Å². The van der Waals surface area contributed by atoms with E-state index in [-0.39, 0.29) is 5.56 Å². The Labute approximate surface area is 135 Å². The fourth-order valence-electron chi connectivity index (χ4n) is 3.68. The summed E-state index contributed by atoms with van der Waals surface area (Å²) < 4.78 is 4.00. The number of nitrogens with zero attached hydrogens (tertiary/aromatic N) is 5. The predicted molar refractivity (Wildman–Crippen MR) is 87.2 cm³/mol. The Balaban J connectivity index is 1.34. The second-order valence-electron chi connectivity index (χ2n) is 6.83. The molecule has 23 heavy (non-hydrogen) atoms. The SMILES string of the molecule is Cc1ccc(=O)n(CC2CN(Cc3ncc4n3CCCC4)C2)n1. The van der Waals surface area contributed by atoms with Crippen molar-refractivity contribution in [2.45, 2.75) is 45.8 Å². The van der Waals surface area contributed by atoms with Crippen LogP contribution in [0.25, 0.3) is 0 Å². The average molecular weight is 313 g/mol. The largest absolute Gasteiger partial charge is 0.331 e. The normalized spacial score (nSPS) is 18.7. The van der Waals surface area contributed by atoms with Crippen molar-refractivity contribution in [1.82, 2.24) is 24.2 Å². The van der Waals surface area contributed by atoms with Crippen LogP contribution in [-0.4, -0.2) is 37.3 Å². The zero-order valence-corrected chi connectivity index (χ0v) is 13.6. The summed E-state index contributed by atoms with van der Waals surface area (Å²) in [5, 5.41) is 4.32. The topological polar surface area (TPSA) is 56.0 Å². The lowest BCUT2D eigenvalue weighted by molar-refractivity contribution is 0.0725. The van der Waals surface area contributed by atoms with Gasteiger partial charge in [-0.3, -0.25) is 9.69 Å². The van der Waals surface area contributed by atoms with E-state index in [1.807, 2.05) is 13.1 Å². The van der Waals surface area contributed by atoms with E-state index in [9.17, 15) is 4.79 Å². The molecular weight excluding hydrogens is 290 g/mol. The van der Waals surface area contributed by atoms with Gasteiger partial charge >= 0.3 is 0 Å². The van der Waals surface area contributed by atoms with Gasteiger partial charge in [-0.05, 0) is 32.3 Å². The third kappa shape index (κ3) is 2.95. The fourth-order valence-corrected chi connectivity index (χ4v) is 3.68. The third-order valence-corrected chi connectivity index (χ3v) is 4.91. The van der Waals surface area contributed by atoms with Gasteiger partial charge < -0.3 is 4.57 Å². The van der Waals surface area contributed by atoms with Crippen LogP contribution in [0.15, 0.2) is 23.1 Å². The second kappa shape index (κ2) is 5.92. The molecular formula is C17H23N5O. The van der Waals surface area contributed by atoms with Crippen molar-refractivity contribution >= 4 is 0 Å². The van der Waals surface area contributed by atoms with E-state index in [4.69, 9.17) is 0 Å². The van der Waals surface area contributed by atoms with E-state index in [1.165, 1.54) is 24.4 Å².